The number of nitrogens with zero attached hydrogens (tertiary/aromatic N) is 5. The minimum absolute atomic E-state index is 0.116. The Kier molecular flexibility index (Phi) is 2.55. The lowest BCUT2D eigenvalue weighted by molar-refractivity contribution is 0.790. The van der Waals surface area contributed by atoms with Crippen molar-refractivity contribution in [3.63, 3.8) is 0 Å². The van der Waals surface area contributed by atoms with Crippen LogP contribution in [0.1, 0.15) is 18.8 Å². The van der Waals surface area contributed by atoms with Gasteiger partial charge in [0, 0.05) is 0 Å². The minimum atomic E-state index is -0.116. The molecule has 2 heterocycles. The van der Waals surface area contributed by atoms with Crippen LogP contribution < -0.4 is 5.32 Å². The van der Waals surface area contributed by atoms with Gasteiger partial charge < -0.3 is 5.32 Å². The van der Waals surface area contributed by atoms with Gasteiger partial charge in [0.1, 0.15) is 0 Å². The Balaban J connectivity index is 2.09. The van der Waals surface area contributed by atoms with E-state index in [1.165, 1.54) is 0 Å². The average molecular weight is 232 g/mol. The maximum Gasteiger partial charge on any atom is 0.196 e. The second-order valence-corrected chi connectivity index (χ2v) is 3.43. The molecule has 2 aromatic heterocycles. The lowest BCUT2D eigenvalue weighted by Crippen LogP contribution is -2.09. The standard InChI is InChI=1S/C5H6ClN7S/c1-2(4-8-12-13-9-4)7-5-3(6)10-14-11-5/h2H,1H3,(H,7,11)(H,8,9,12,13). The van der Waals surface area contributed by atoms with E-state index in [0.29, 0.717) is 16.8 Å². The van der Waals surface area contributed by atoms with Crippen LogP contribution in [0.2, 0.25) is 5.15 Å². The lowest BCUT2D eigenvalue weighted by atomic mass is 10.3. The van der Waals surface area contributed by atoms with E-state index in [0.717, 1.165) is 11.7 Å². The summed E-state index contributed by atoms with van der Waals surface area (Å²) in [6, 6.07) is -0.116. The summed E-state index contributed by atoms with van der Waals surface area (Å²) in [6.07, 6.45) is 0. The molecule has 2 aromatic rings. The third kappa shape index (κ3) is 1.80. The van der Waals surface area contributed by atoms with Gasteiger partial charge in [-0.15, -0.1) is 10.2 Å². The van der Waals surface area contributed by atoms with Crippen molar-refractivity contribution in [1.29, 1.82) is 0 Å². The normalized spacial score (nSPS) is 12.7. The third-order valence-corrected chi connectivity index (χ3v) is 2.44. The first-order chi connectivity index (χ1) is 6.77. The van der Waals surface area contributed by atoms with E-state index in [2.05, 4.69) is 34.7 Å². The Bertz CT molecular complexity index is 398. The zero-order valence-corrected chi connectivity index (χ0v) is 8.67. The number of rotatable bonds is 3. The summed E-state index contributed by atoms with van der Waals surface area (Å²) in [5.41, 5.74) is 0. The van der Waals surface area contributed by atoms with Crippen LogP contribution in [0.25, 0.3) is 0 Å². The topological polar surface area (TPSA) is 92.3 Å². The van der Waals surface area contributed by atoms with Crippen molar-refractivity contribution in [2.24, 2.45) is 0 Å². The summed E-state index contributed by atoms with van der Waals surface area (Å²) in [5.74, 6) is 1.09. The molecule has 0 aromatic carbocycles. The van der Waals surface area contributed by atoms with Crippen LogP contribution in [0.5, 0.6) is 0 Å². The van der Waals surface area contributed by atoms with Crippen molar-refractivity contribution in [2.45, 2.75) is 13.0 Å². The number of aromatic nitrogens is 6. The third-order valence-electron chi connectivity index (χ3n) is 1.55. The maximum atomic E-state index is 5.76. The fraction of sp³-hybridized carbons (Fsp3) is 0.400. The molecule has 0 fully saturated rings. The van der Waals surface area contributed by atoms with Crippen LogP contribution in [0, 0.1) is 0 Å². The van der Waals surface area contributed by atoms with Gasteiger partial charge in [-0.2, -0.15) is 14.0 Å². The predicted octanol–water partition coefficient (Wildman–Crippen LogP) is 0.878. The number of halogens is 1. The molecule has 0 aliphatic rings. The second-order valence-electron chi connectivity index (χ2n) is 2.54. The van der Waals surface area contributed by atoms with Gasteiger partial charge in [0.05, 0.1) is 17.8 Å². The highest BCUT2D eigenvalue weighted by atomic mass is 35.5. The molecular formula is C5H6ClN7S. The smallest absolute Gasteiger partial charge is 0.196 e. The van der Waals surface area contributed by atoms with Gasteiger partial charge in [0.25, 0.3) is 0 Å². The van der Waals surface area contributed by atoms with E-state index in [4.69, 9.17) is 11.6 Å². The SMILES string of the molecule is CC(Nc1nsnc1Cl)c1nn[nH]n1. The zero-order valence-electron chi connectivity index (χ0n) is 7.10. The number of H-pyrrole nitrogens is 1. The molecule has 0 bridgehead atoms. The average Bonchev–Trinajstić information content (AvgIpc) is 2.77. The van der Waals surface area contributed by atoms with Crippen LogP contribution in [0.4, 0.5) is 5.82 Å². The summed E-state index contributed by atoms with van der Waals surface area (Å²) in [5, 5.41) is 16.8. The first kappa shape index (κ1) is 9.28. The molecule has 14 heavy (non-hydrogen) atoms. The monoisotopic (exact) mass is 231 g/mol. The molecule has 0 aliphatic heterocycles. The van der Waals surface area contributed by atoms with Crippen molar-refractivity contribution in [1.82, 2.24) is 29.4 Å². The van der Waals surface area contributed by atoms with Crippen LogP contribution in [-0.2, 0) is 0 Å². The van der Waals surface area contributed by atoms with E-state index in [9.17, 15) is 0 Å². The van der Waals surface area contributed by atoms with E-state index in [1.54, 1.807) is 0 Å². The fourth-order valence-electron chi connectivity index (χ4n) is 0.886. The summed E-state index contributed by atoms with van der Waals surface area (Å²) in [4.78, 5) is 0. The number of nitrogens with one attached hydrogen (secondary N) is 2. The van der Waals surface area contributed by atoms with Crippen LogP contribution in [0.15, 0.2) is 0 Å². The van der Waals surface area contributed by atoms with Gasteiger partial charge in [0.2, 0.25) is 0 Å². The molecule has 9 heteroatoms. The minimum Gasteiger partial charge on any atom is -0.357 e. The molecule has 1 unspecified atom stereocenters. The summed E-state index contributed by atoms with van der Waals surface area (Å²) in [7, 11) is 0. The second kappa shape index (κ2) is 3.84. The van der Waals surface area contributed by atoms with Crippen molar-refractivity contribution < 1.29 is 0 Å². The maximum absolute atomic E-state index is 5.76. The van der Waals surface area contributed by atoms with E-state index in [-0.39, 0.29) is 6.04 Å². The van der Waals surface area contributed by atoms with Gasteiger partial charge in [-0.05, 0) is 6.92 Å². The highest BCUT2D eigenvalue weighted by Gasteiger charge is 2.13. The molecule has 0 radical (unpaired) electrons. The summed E-state index contributed by atoms with van der Waals surface area (Å²) >= 11 is 6.80. The first-order valence-corrected chi connectivity index (χ1v) is 4.86. The Hall–Kier alpha value is -1.28. The molecule has 0 aliphatic carbocycles. The van der Waals surface area contributed by atoms with Gasteiger partial charge in [-0.3, -0.25) is 0 Å². The number of aromatic amines is 1. The summed E-state index contributed by atoms with van der Waals surface area (Å²) < 4.78 is 7.79. The van der Waals surface area contributed by atoms with Crippen LogP contribution in [0.3, 0.4) is 0 Å². The largest absolute Gasteiger partial charge is 0.357 e. The first-order valence-electron chi connectivity index (χ1n) is 3.75. The van der Waals surface area contributed by atoms with Crippen LogP contribution in [-0.4, -0.2) is 29.4 Å². The fourth-order valence-corrected chi connectivity index (χ4v) is 1.55. The van der Waals surface area contributed by atoms with Crippen molar-refractivity contribution >= 4 is 29.1 Å². The lowest BCUT2D eigenvalue weighted by Gasteiger charge is -2.07. The summed E-state index contributed by atoms with van der Waals surface area (Å²) in [6.45, 7) is 1.88. The molecule has 0 saturated heterocycles. The Morgan fingerprint density at radius 1 is 1.50 bits per heavy atom. The number of anilines is 1. The van der Waals surface area contributed by atoms with Crippen LogP contribution >= 0.6 is 23.3 Å². The molecule has 7 nitrogen and oxygen atoms in total. The number of tetrazole rings is 1. The van der Waals surface area contributed by atoms with Gasteiger partial charge in [-0.1, -0.05) is 16.8 Å². The molecule has 1 atom stereocenters. The van der Waals surface area contributed by atoms with E-state index >= 15 is 0 Å². The number of hydrogen-bond acceptors (Lipinski definition) is 7. The van der Waals surface area contributed by atoms with Crippen molar-refractivity contribution in [3.8, 4) is 0 Å². The zero-order chi connectivity index (χ0) is 9.97. The van der Waals surface area contributed by atoms with Gasteiger partial charge >= 0.3 is 0 Å². The van der Waals surface area contributed by atoms with Crippen molar-refractivity contribution in [3.05, 3.63) is 11.0 Å². The molecule has 0 amide bonds. The van der Waals surface area contributed by atoms with Crippen molar-refractivity contribution in [2.75, 3.05) is 5.32 Å². The van der Waals surface area contributed by atoms with E-state index < -0.39 is 0 Å². The van der Waals surface area contributed by atoms with Gasteiger partial charge in [0.15, 0.2) is 16.8 Å². The predicted molar refractivity (Wildman–Crippen MR) is 51.1 cm³/mol. The van der Waals surface area contributed by atoms with E-state index in [1.807, 2.05) is 6.92 Å². The molecule has 74 valence electrons. The quantitative estimate of drug-likeness (QED) is 0.815. The Labute approximate surface area is 88.2 Å². The Morgan fingerprint density at radius 3 is 2.93 bits per heavy atom. The molecule has 0 spiro atoms. The molecule has 2 N–H and O–H groups in total. The highest BCUT2D eigenvalue weighted by molar-refractivity contribution is 6.99. The molecule has 0 saturated carbocycles. The van der Waals surface area contributed by atoms with Gasteiger partial charge in [-0.25, -0.2) is 0 Å². The highest BCUT2D eigenvalue weighted by Crippen LogP contribution is 2.21. The number of hydrogen-bond donors (Lipinski definition) is 2. The molecular weight excluding hydrogens is 226 g/mol. The molecule has 2 rings (SSSR count). The Morgan fingerprint density at radius 2 is 2.36 bits per heavy atom.